The van der Waals surface area contributed by atoms with Crippen molar-refractivity contribution in [3.8, 4) is 0 Å². The molecule has 7 aromatic rings. The Kier molecular flexibility index (Phi) is 19.1. The molecule has 8 rings (SSSR count). The highest BCUT2D eigenvalue weighted by molar-refractivity contribution is 5.92. The maximum absolute atomic E-state index is 14.7. The van der Waals surface area contributed by atoms with Gasteiger partial charge in [0.2, 0.25) is 18.7 Å². The molecule has 1 aliphatic heterocycles. The van der Waals surface area contributed by atoms with Crippen LogP contribution in [0.25, 0.3) is 0 Å². The molecule has 392 valence electrons. The number of ether oxygens (including phenoxy) is 10. The van der Waals surface area contributed by atoms with Crippen molar-refractivity contribution in [2.75, 3.05) is 6.61 Å². The summed E-state index contributed by atoms with van der Waals surface area (Å²) in [6.45, 7) is -1.93. The zero-order valence-electron chi connectivity index (χ0n) is 41.0. The Labute approximate surface area is 442 Å². The van der Waals surface area contributed by atoms with Crippen LogP contribution in [-0.4, -0.2) is 91.5 Å². The molecular formula is C60H50O17. The molecule has 7 atom stereocenters. The Bertz CT molecular complexity index is 3040. The summed E-state index contributed by atoms with van der Waals surface area (Å²) in [5, 5.41) is 0. The summed E-state index contributed by atoms with van der Waals surface area (Å²) in [7, 11) is 0. The minimum absolute atomic E-state index is 0.00758. The Hall–Kier alpha value is -9.29. The summed E-state index contributed by atoms with van der Waals surface area (Å²) < 4.78 is 60.2. The molecule has 0 N–H and O–H groups in total. The summed E-state index contributed by atoms with van der Waals surface area (Å²) in [4.78, 5) is 99.8. The van der Waals surface area contributed by atoms with Crippen molar-refractivity contribution in [3.05, 3.63) is 251 Å². The summed E-state index contributed by atoms with van der Waals surface area (Å²) in [5.41, 5.74) is 1.55. The molecule has 1 fully saturated rings. The predicted molar refractivity (Wildman–Crippen MR) is 271 cm³/mol. The van der Waals surface area contributed by atoms with Crippen molar-refractivity contribution in [2.45, 2.75) is 62.9 Å². The van der Waals surface area contributed by atoms with Crippen LogP contribution in [0.4, 0.5) is 0 Å². The number of esters is 7. The van der Waals surface area contributed by atoms with E-state index in [1.807, 2.05) is 0 Å². The molecule has 17 heteroatoms. The molecule has 1 aliphatic rings. The van der Waals surface area contributed by atoms with E-state index in [4.69, 9.17) is 47.4 Å². The minimum Gasteiger partial charge on any atom is -0.459 e. The molecular weight excluding hydrogens is 993 g/mol. The third-order valence-corrected chi connectivity index (χ3v) is 11.5. The van der Waals surface area contributed by atoms with Crippen molar-refractivity contribution < 1.29 is 80.9 Å². The number of carbonyl (C=O) groups is 7. The average molecular weight is 1040 g/mol. The summed E-state index contributed by atoms with van der Waals surface area (Å²) in [5.74, 6) is -7.76. The SMILES string of the molecule is O=C(COC(O[C@@H]1[C@@H](OC(=O)c2ccccc2)[C@@H](OC(=O)c2ccccc2)O[C@H](C(=O)OCc2ccccc2)[C@H]1OC(=O)c1ccccc1)C(OC(=O)c1ccccc1)C(=O)OCc1ccccc1)OCc1ccccc1. The Balaban J connectivity index is 1.26. The van der Waals surface area contributed by atoms with E-state index in [0.29, 0.717) is 16.7 Å². The number of rotatable bonds is 22. The van der Waals surface area contributed by atoms with Crippen LogP contribution in [0.1, 0.15) is 58.1 Å². The van der Waals surface area contributed by atoms with Crippen LogP contribution >= 0.6 is 0 Å². The van der Waals surface area contributed by atoms with Crippen LogP contribution in [0.3, 0.4) is 0 Å². The first-order valence-electron chi connectivity index (χ1n) is 24.2. The Morgan fingerprint density at radius 2 is 0.779 bits per heavy atom. The smallest absolute Gasteiger partial charge is 0.353 e. The van der Waals surface area contributed by atoms with Gasteiger partial charge in [-0.05, 0) is 65.2 Å². The van der Waals surface area contributed by atoms with Gasteiger partial charge in [0.15, 0.2) is 18.3 Å². The van der Waals surface area contributed by atoms with Crippen molar-refractivity contribution in [3.63, 3.8) is 0 Å². The van der Waals surface area contributed by atoms with Crippen LogP contribution in [0.2, 0.25) is 0 Å². The second-order valence-corrected chi connectivity index (χ2v) is 17.0. The fourth-order valence-corrected chi connectivity index (χ4v) is 7.66. The standard InChI is InChI=1S/C60H50O17/c61-47(68-36-40-22-8-1-9-23-40)39-71-59(52(74-55(64)45-32-18-6-19-33-45)58(67)70-38-42-26-12-3-13-27-42)75-49-48(72-53(62)43-28-14-4-15-29-43)50(57(66)69-37-41-24-10-2-11-25-41)76-60(77-56(65)46-34-20-7-21-35-46)51(49)73-54(63)44-30-16-5-17-31-44/h1-35,48-52,59-60H,36-39H2/t48-,49-,50-,51+,52?,59?,60+/m0/s1. The molecule has 0 aliphatic carbocycles. The second-order valence-electron chi connectivity index (χ2n) is 17.0. The topological polar surface area (TPSA) is 212 Å². The van der Waals surface area contributed by atoms with Crippen molar-refractivity contribution in [2.24, 2.45) is 0 Å². The van der Waals surface area contributed by atoms with Gasteiger partial charge in [0.1, 0.15) is 32.5 Å². The Morgan fingerprint density at radius 1 is 0.403 bits per heavy atom. The van der Waals surface area contributed by atoms with E-state index in [1.54, 1.807) is 164 Å². The zero-order valence-corrected chi connectivity index (χ0v) is 41.0. The molecule has 0 saturated carbocycles. The van der Waals surface area contributed by atoms with E-state index in [-0.39, 0.29) is 42.1 Å². The quantitative estimate of drug-likeness (QED) is 0.0355. The monoisotopic (exact) mass is 1040 g/mol. The van der Waals surface area contributed by atoms with Gasteiger partial charge in [-0.1, -0.05) is 164 Å². The fourth-order valence-electron chi connectivity index (χ4n) is 7.66. The van der Waals surface area contributed by atoms with E-state index in [2.05, 4.69) is 0 Å². The van der Waals surface area contributed by atoms with E-state index in [1.165, 1.54) is 48.5 Å². The van der Waals surface area contributed by atoms with Gasteiger partial charge in [-0.2, -0.15) is 0 Å². The summed E-state index contributed by atoms with van der Waals surface area (Å²) in [6, 6.07) is 55.9. The van der Waals surface area contributed by atoms with Crippen LogP contribution in [0, 0.1) is 0 Å². The molecule has 17 nitrogen and oxygen atoms in total. The van der Waals surface area contributed by atoms with E-state index in [0.717, 1.165) is 0 Å². The fraction of sp³-hybridized carbons (Fsp3) is 0.183. The second kappa shape index (κ2) is 27.3. The van der Waals surface area contributed by atoms with Gasteiger partial charge in [0.25, 0.3) is 0 Å². The first-order valence-corrected chi connectivity index (χ1v) is 24.2. The molecule has 1 saturated heterocycles. The normalized spacial score (nSPS) is 17.5. The molecule has 1 heterocycles. The number of carbonyl (C=O) groups excluding carboxylic acids is 7. The lowest BCUT2D eigenvalue weighted by atomic mass is 9.97. The third kappa shape index (κ3) is 15.4. The lowest BCUT2D eigenvalue weighted by Crippen LogP contribution is -2.65. The largest absolute Gasteiger partial charge is 0.459 e. The van der Waals surface area contributed by atoms with Crippen molar-refractivity contribution in [1.29, 1.82) is 0 Å². The minimum atomic E-state index is -2.32. The molecule has 2 unspecified atom stereocenters. The van der Waals surface area contributed by atoms with Gasteiger partial charge in [0.05, 0.1) is 22.3 Å². The van der Waals surface area contributed by atoms with Crippen LogP contribution in [-0.2, 0) is 81.6 Å². The molecule has 0 amide bonds. The molecule has 0 bridgehead atoms. The first kappa shape index (κ1) is 54.0. The lowest BCUT2D eigenvalue weighted by molar-refractivity contribution is -0.317. The van der Waals surface area contributed by atoms with Crippen molar-refractivity contribution in [1.82, 2.24) is 0 Å². The van der Waals surface area contributed by atoms with Gasteiger partial charge in [-0.15, -0.1) is 0 Å². The maximum Gasteiger partial charge on any atom is 0.353 e. The number of hydrogen-bond acceptors (Lipinski definition) is 17. The van der Waals surface area contributed by atoms with Gasteiger partial charge < -0.3 is 47.4 Å². The van der Waals surface area contributed by atoms with Crippen molar-refractivity contribution >= 4 is 41.8 Å². The first-order chi connectivity index (χ1) is 37.6. The summed E-state index contributed by atoms with van der Waals surface area (Å²) >= 11 is 0. The number of hydrogen-bond donors (Lipinski definition) is 0. The molecule has 0 aromatic heterocycles. The molecule has 0 radical (unpaired) electrons. The van der Waals surface area contributed by atoms with Gasteiger partial charge in [-0.25, -0.2) is 33.6 Å². The van der Waals surface area contributed by atoms with E-state index in [9.17, 15) is 33.6 Å². The third-order valence-electron chi connectivity index (χ3n) is 11.5. The molecule has 77 heavy (non-hydrogen) atoms. The molecule has 7 aromatic carbocycles. The van der Waals surface area contributed by atoms with Gasteiger partial charge >= 0.3 is 41.8 Å². The maximum atomic E-state index is 14.7. The van der Waals surface area contributed by atoms with Crippen LogP contribution < -0.4 is 0 Å². The van der Waals surface area contributed by atoms with Gasteiger partial charge in [-0.3, -0.25) is 0 Å². The highest BCUT2D eigenvalue weighted by Gasteiger charge is 2.57. The number of benzene rings is 7. The summed E-state index contributed by atoms with van der Waals surface area (Å²) in [6.07, 6.45) is -15.2. The van der Waals surface area contributed by atoms with E-state index >= 15 is 0 Å². The predicted octanol–water partition coefficient (Wildman–Crippen LogP) is 8.20. The lowest BCUT2D eigenvalue weighted by Gasteiger charge is -2.44. The highest BCUT2D eigenvalue weighted by atomic mass is 16.8. The van der Waals surface area contributed by atoms with E-state index < -0.39 is 91.5 Å². The van der Waals surface area contributed by atoms with Crippen LogP contribution in [0.5, 0.6) is 0 Å². The average Bonchev–Trinajstić information content (AvgIpc) is 3.50. The van der Waals surface area contributed by atoms with Gasteiger partial charge in [0, 0.05) is 0 Å². The van der Waals surface area contributed by atoms with Crippen LogP contribution in [0.15, 0.2) is 212 Å². The molecule has 0 spiro atoms. The zero-order chi connectivity index (χ0) is 53.8. The highest BCUT2D eigenvalue weighted by Crippen LogP contribution is 2.34. The Morgan fingerprint density at radius 3 is 1.23 bits per heavy atom.